The van der Waals surface area contributed by atoms with E-state index >= 15 is 0 Å². The van der Waals surface area contributed by atoms with Crippen molar-refractivity contribution in [2.24, 2.45) is 0 Å². The number of nitrogens with zero attached hydrogens (tertiary/aromatic N) is 2. The molecule has 0 bridgehead atoms. The molecule has 1 N–H and O–H groups in total. The molecule has 8 heteroatoms. The Balaban J connectivity index is 1.55. The maximum absolute atomic E-state index is 13.2. The second-order valence-corrected chi connectivity index (χ2v) is 8.44. The van der Waals surface area contributed by atoms with E-state index in [4.69, 9.17) is 4.74 Å². The molecule has 33 heavy (non-hydrogen) atoms. The molecule has 0 spiro atoms. The summed E-state index contributed by atoms with van der Waals surface area (Å²) in [7, 11) is 0. The van der Waals surface area contributed by atoms with Crippen molar-refractivity contribution in [1.29, 1.82) is 0 Å². The van der Waals surface area contributed by atoms with Crippen LogP contribution in [0.1, 0.15) is 46.0 Å². The number of anilines is 1. The first-order chi connectivity index (χ1) is 16.0. The number of rotatable bonds is 7. The van der Waals surface area contributed by atoms with E-state index in [1.165, 1.54) is 21.9 Å². The van der Waals surface area contributed by atoms with Gasteiger partial charge in [0.25, 0.3) is 11.5 Å². The zero-order valence-electron chi connectivity index (χ0n) is 18.3. The number of nitrogens with one attached hydrogen (secondary N) is 1. The quantitative estimate of drug-likeness (QED) is 0.311. The number of esters is 1. The zero-order chi connectivity index (χ0) is 23.4. The van der Waals surface area contributed by atoms with Gasteiger partial charge in [-0.25, -0.2) is 9.78 Å². The summed E-state index contributed by atoms with van der Waals surface area (Å²) in [6, 6.07) is 14.2. The van der Waals surface area contributed by atoms with Crippen LogP contribution in [0.15, 0.2) is 64.9 Å². The molecule has 0 aliphatic rings. The molecule has 4 rings (SSSR count). The van der Waals surface area contributed by atoms with E-state index in [0.717, 1.165) is 24.0 Å². The molecule has 4 aromatic rings. The lowest BCUT2D eigenvalue weighted by atomic mass is 10.1. The number of unbranched alkanes of at least 4 members (excludes halogenated alkanes) is 1. The first-order valence-electron chi connectivity index (χ1n) is 10.6. The molecule has 2 aromatic heterocycles. The highest BCUT2D eigenvalue weighted by atomic mass is 32.1. The number of thiazole rings is 1. The summed E-state index contributed by atoms with van der Waals surface area (Å²) in [6.07, 6.45) is 3.04. The summed E-state index contributed by atoms with van der Waals surface area (Å²) in [5.74, 6) is -0.975. The van der Waals surface area contributed by atoms with E-state index in [2.05, 4.69) is 10.3 Å². The van der Waals surface area contributed by atoms with E-state index in [-0.39, 0.29) is 5.56 Å². The van der Waals surface area contributed by atoms with Gasteiger partial charge >= 0.3 is 5.97 Å². The Hall–Kier alpha value is -3.78. The number of aromatic nitrogens is 2. The van der Waals surface area contributed by atoms with Gasteiger partial charge < -0.3 is 10.1 Å². The fraction of sp³-hybridized carbons (Fsp3) is 0.200. The normalized spacial score (nSPS) is 10.8. The third-order valence-electron chi connectivity index (χ3n) is 5.15. The second-order valence-electron chi connectivity index (χ2n) is 7.60. The van der Waals surface area contributed by atoms with Crippen LogP contribution >= 0.6 is 11.3 Å². The van der Waals surface area contributed by atoms with E-state index in [9.17, 15) is 14.4 Å². The molecular formula is C25H23N3O4S. The Morgan fingerprint density at radius 3 is 2.52 bits per heavy atom. The Labute approximate surface area is 194 Å². The molecule has 0 saturated heterocycles. The number of fused-ring (bicyclic) bond motifs is 1. The van der Waals surface area contributed by atoms with Gasteiger partial charge in [-0.05, 0) is 43.2 Å². The summed E-state index contributed by atoms with van der Waals surface area (Å²) in [6.45, 7) is 4.39. The smallest absolute Gasteiger partial charge is 0.338 e. The molecule has 168 valence electrons. The fourth-order valence-corrected chi connectivity index (χ4v) is 4.11. The second kappa shape index (κ2) is 9.79. The first kappa shape index (κ1) is 22.4. The number of carbonyl (C=O) groups is 2. The highest BCUT2D eigenvalue weighted by molar-refractivity contribution is 7.15. The SMILES string of the molecule is CCCCOC(=O)c1ccc(NC(=O)c2cnc3scc(-c4ccc(C)cc4)n3c2=O)cc1. The third-order valence-corrected chi connectivity index (χ3v) is 5.99. The predicted molar refractivity (Wildman–Crippen MR) is 129 cm³/mol. The van der Waals surface area contributed by atoms with Crippen molar-refractivity contribution in [2.45, 2.75) is 26.7 Å². The van der Waals surface area contributed by atoms with Crippen LogP contribution in [0.4, 0.5) is 5.69 Å². The van der Waals surface area contributed by atoms with Crippen LogP contribution in [-0.4, -0.2) is 27.9 Å². The summed E-state index contributed by atoms with van der Waals surface area (Å²) < 4.78 is 6.64. The number of carbonyl (C=O) groups excluding carboxylic acids is 2. The monoisotopic (exact) mass is 461 g/mol. The zero-order valence-corrected chi connectivity index (χ0v) is 19.1. The average Bonchev–Trinajstić information content (AvgIpc) is 3.25. The van der Waals surface area contributed by atoms with Crippen LogP contribution in [0.5, 0.6) is 0 Å². The van der Waals surface area contributed by atoms with Gasteiger partial charge in [0, 0.05) is 17.3 Å². The Bertz CT molecular complexity index is 1360. The summed E-state index contributed by atoms with van der Waals surface area (Å²) in [4.78, 5) is 42.8. The van der Waals surface area contributed by atoms with Crippen molar-refractivity contribution in [2.75, 3.05) is 11.9 Å². The molecule has 0 saturated carbocycles. The molecule has 0 unspecified atom stereocenters. The van der Waals surface area contributed by atoms with Gasteiger partial charge in [0.05, 0.1) is 17.9 Å². The molecule has 0 atom stereocenters. The fourth-order valence-electron chi connectivity index (χ4n) is 3.25. The lowest BCUT2D eigenvalue weighted by Crippen LogP contribution is -2.26. The van der Waals surface area contributed by atoms with Crippen LogP contribution in [0.2, 0.25) is 0 Å². The van der Waals surface area contributed by atoms with E-state index in [0.29, 0.717) is 28.5 Å². The summed E-state index contributed by atoms with van der Waals surface area (Å²) >= 11 is 1.34. The van der Waals surface area contributed by atoms with E-state index < -0.39 is 17.4 Å². The van der Waals surface area contributed by atoms with Crippen molar-refractivity contribution in [1.82, 2.24) is 9.38 Å². The number of hydrogen-bond acceptors (Lipinski definition) is 6. The number of aryl methyl sites for hydroxylation is 1. The van der Waals surface area contributed by atoms with E-state index in [1.54, 1.807) is 24.3 Å². The third kappa shape index (κ3) is 4.85. The Kier molecular flexibility index (Phi) is 6.65. The van der Waals surface area contributed by atoms with Gasteiger partial charge in [-0.2, -0.15) is 0 Å². The minimum Gasteiger partial charge on any atom is -0.462 e. The number of benzene rings is 2. The highest BCUT2D eigenvalue weighted by Crippen LogP contribution is 2.24. The molecule has 7 nitrogen and oxygen atoms in total. The molecule has 0 radical (unpaired) electrons. The minimum atomic E-state index is -0.568. The highest BCUT2D eigenvalue weighted by Gasteiger charge is 2.17. The predicted octanol–water partition coefficient (Wildman–Crippen LogP) is 4.94. The van der Waals surface area contributed by atoms with Crippen molar-refractivity contribution < 1.29 is 14.3 Å². The summed E-state index contributed by atoms with van der Waals surface area (Å²) in [5.41, 5.74) is 3.02. The standard InChI is InChI=1S/C25H23N3O4S/c1-3-4-13-32-24(31)18-9-11-19(12-10-18)27-22(29)20-14-26-25-28(23(20)30)21(15-33-25)17-7-5-16(2)6-8-17/h5-12,14-15H,3-4,13H2,1-2H3,(H,27,29). The molecule has 0 aliphatic carbocycles. The van der Waals surface area contributed by atoms with Crippen LogP contribution in [0, 0.1) is 6.92 Å². The number of hydrogen-bond donors (Lipinski definition) is 1. The summed E-state index contributed by atoms with van der Waals surface area (Å²) in [5, 5.41) is 4.56. The lowest BCUT2D eigenvalue weighted by Gasteiger charge is -2.08. The van der Waals surface area contributed by atoms with Crippen LogP contribution in [0.25, 0.3) is 16.2 Å². The largest absolute Gasteiger partial charge is 0.462 e. The molecule has 0 aliphatic heterocycles. The van der Waals surface area contributed by atoms with Crippen molar-refractivity contribution >= 4 is 33.9 Å². The molecular weight excluding hydrogens is 438 g/mol. The van der Waals surface area contributed by atoms with Gasteiger partial charge in [0.15, 0.2) is 4.96 Å². The molecule has 2 aromatic carbocycles. The molecule has 2 heterocycles. The minimum absolute atomic E-state index is 0.0673. The Morgan fingerprint density at radius 2 is 1.82 bits per heavy atom. The molecule has 0 fully saturated rings. The lowest BCUT2D eigenvalue weighted by molar-refractivity contribution is 0.0499. The number of ether oxygens (including phenoxy) is 1. The topological polar surface area (TPSA) is 89.8 Å². The maximum atomic E-state index is 13.2. The van der Waals surface area contributed by atoms with Gasteiger partial charge in [0.2, 0.25) is 0 Å². The van der Waals surface area contributed by atoms with Crippen LogP contribution in [-0.2, 0) is 4.74 Å². The van der Waals surface area contributed by atoms with Gasteiger partial charge in [0.1, 0.15) is 5.56 Å². The number of amides is 1. The van der Waals surface area contributed by atoms with Crippen molar-refractivity contribution in [3.63, 3.8) is 0 Å². The first-order valence-corrected chi connectivity index (χ1v) is 11.5. The van der Waals surface area contributed by atoms with E-state index in [1.807, 2.05) is 43.5 Å². The van der Waals surface area contributed by atoms with Crippen molar-refractivity contribution in [3.8, 4) is 11.3 Å². The maximum Gasteiger partial charge on any atom is 0.338 e. The van der Waals surface area contributed by atoms with Crippen LogP contribution in [0.3, 0.4) is 0 Å². The van der Waals surface area contributed by atoms with Gasteiger partial charge in [-0.3, -0.25) is 14.0 Å². The van der Waals surface area contributed by atoms with Gasteiger partial charge in [-0.15, -0.1) is 11.3 Å². The average molecular weight is 462 g/mol. The van der Waals surface area contributed by atoms with Crippen molar-refractivity contribution in [3.05, 3.63) is 87.2 Å². The Morgan fingerprint density at radius 1 is 1.09 bits per heavy atom. The van der Waals surface area contributed by atoms with Gasteiger partial charge in [-0.1, -0.05) is 43.2 Å². The van der Waals surface area contributed by atoms with Crippen LogP contribution < -0.4 is 10.9 Å². The molecule has 1 amide bonds.